The lowest BCUT2D eigenvalue weighted by Crippen LogP contribution is -2.49. The maximum Gasteiger partial charge on any atom is 0.257 e. The third kappa shape index (κ3) is 4.91. The number of hydrogen-bond acceptors (Lipinski definition) is 4. The second-order valence-electron chi connectivity index (χ2n) is 12.4. The Labute approximate surface area is 257 Å². The van der Waals surface area contributed by atoms with Gasteiger partial charge in [0.15, 0.2) is 0 Å². The molecule has 0 aliphatic carbocycles. The number of likely N-dealkylation sites (tertiary alicyclic amines) is 1. The number of rotatable bonds is 6. The molecule has 3 atom stereocenters. The van der Waals surface area contributed by atoms with Crippen LogP contribution in [0.25, 0.3) is 11.0 Å². The zero-order valence-corrected chi connectivity index (χ0v) is 25.6. The van der Waals surface area contributed by atoms with Crippen molar-refractivity contribution in [1.82, 2.24) is 24.3 Å². The van der Waals surface area contributed by atoms with Gasteiger partial charge < -0.3 is 9.47 Å². The largest absolute Gasteiger partial charge is 0.338 e. The Hall–Kier alpha value is -2.93. The molecule has 5 heterocycles. The van der Waals surface area contributed by atoms with E-state index in [-0.39, 0.29) is 11.3 Å². The highest BCUT2D eigenvalue weighted by Crippen LogP contribution is 2.45. The molecule has 0 radical (unpaired) electrons. The summed E-state index contributed by atoms with van der Waals surface area (Å²) in [6.07, 6.45) is 10.9. The van der Waals surface area contributed by atoms with Crippen molar-refractivity contribution in [2.75, 3.05) is 19.6 Å². The molecule has 2 aromatic heterocycles. The van der Waals surface area contributed by atoms with E-state index in [4.69, 9.17) is 28.2 Å². The lowest BCUT2D eigenvalue weighted by molar-refractivity contribution is 0.0607. The second-order valence-corrected chi connectivity index (χ2v) is 13.2. The lowest BCUT2D eigenvalue weighted by atomic mass is 9.70. The Balaban J connectivity index is 1.07. The smallest absolute Gasteiger partial charge is 0.257 e. The minimum absolute atomic E-state index is 0.0390. The summed E-state index contributed by atoms with van der Waals surface area (Å²) in [5, 5.41) is 0.621. The summed E-state index contributed by atoms with van der Waals surface area (Å²) in [6, 6.07) is 21.3. The molecule has 2 aromatic carbocycles. The van der Waals surface area contributed by atoms with E-state index in [0.29, 0.717) is 46.8 Å². The number of halogens is 2. The van der Waals surface area contributed by atoms with Crippen molar-refractivity contribution in [2.45, 2.75) is 75.4 Å². The minimum atomic E-state index is -0.100. The first-order valence-electron chi connectivity index (χ1n) is 15.3. The normalized spacial score (nSPS) is 23.9. The molecule has 0 N–H and O–H groups in total. The molecule has 3 saturated heterocycles. The van der Waals surface area contributed by atoms with Crippen LogP contribution in [0.5, 0.6) is 0 Å². The van der Waals surface area contributed by atoms with Crippen molar-refractivity contribution in [3.05, 3.63) is 94.0 Å². The number of aryl methyl sites for hydroxylation is 1. The molecule has 4 aromatic rings. The van der Waals surface area contributed by atoms with Gasteiger partial charge in [-0.25, -0.2) is 4.98 Å². The number of para-hydroxylation sites is 2. The quantitative estimate of drug-likeness (QED) is 0.230. The minimum Gasteiger partial charge on any atom is -0.338 e. The average molecular weight is 603 g/mol. The number of fused-ring (bicyclic) bond motifs is 3. The second kappa shape index (κ2) is 11.3. The zero-order chi connectivity index (χ0) is 28.8. The van der Waals surface area contributed by atoms with Crippen molar-refractivity contribution in [1.29, 1.82) is 0 Å². The Morgan fingerprint density at radius 1 is 0.905 bits per heavy atom. The van der Waals surface area contributed by atoms with Gasteiger partial charge in [-0.1, -0.05) is 65.7 Å². The van der Waals surface area contributed by atoms with Crippen molar-refractivity contribution >= 4 is 40.1 Å². The van der Waals surface area contributed by atoms with E-state index >= 15 is 0 Å². The van der Waals surface area contributed by atoms with Crippen LogP contribution in [0.1, 0.15) is 72.7 Å². The predicted molar refractivity (Wildman–Crippen MR) is 168 cm³/mol. The molecule has 7 rings (SSSR count). The summed E-state index contributed by atoms with van der Waals surface area (Å²) < 4.78 is 2.51. The monoisotopic (exact) mass is 601 g/mol. The van der Waals surface area contributed by atoms with Crippen LogP contribution in [0, 0.1) is 6.92 Å². The van der Waals surface area contributed by atoms with Crippen LogP contribution in [-0.2, 0) is 5.41 Å². The number of imidazole rings is 1. The van der Waals surface area contributed by atoms with Crippen molar-refractivity contribution < 1.29 is 4.79 Å². The van der Waals surface area contributed by atoms with Crippen LogP contribution in [-0.4, -0.2) is 62.0 Å². The summed E-state index contributed by atoms with van der Waals surface area (Å²) in [7, 11) is 0. The molecule has 0 spiro atoms. The summed E-state index contributed by atoms with van der Waals surface area (Å²) in [5.74, 6) is 1.03. The Morgan fingerprint density at radius 3 is 2.24 bits per heavy atom. The highest BCUT2D eigenvalue weighted by atomic mass is 35.5. The van der Waals surface area contributed by atoms with Gasteiger partial charge in [0.2, 0.25) is 0 Å². The molecule has 6 nitrogen and oxygen atoms in total. The average Bonchev–Trinajstić information content (AvgIpc) is 3.47. The maximum atomic E-state index is 13.4. The molecular formula is C34H37Cl2N5O. The van der Waals surface area contributed by atoms with Crippen LogP contribution >= 0.6 is 23.2 Å². The molecular weight excluding hydrogens is 565 g/mol. The highest BCUT2D eigenvalue weighted by molar-refractivity contribution is 6.39. The standard InChI is InChI=1S/C34H37Cl2N5O/c1-23-38-30-9-5-6-10-31(30)41(23)27-19-25-11-12-26(20-27)40(25)18-15-34(24-7-3-2-4-8-24)13-16-39(17-14-34)33(42)32-28(35)21-37-22-29(32)36/h2-10,21-22,25-27H,11-20H2,1H3/t25-,26+,27+. The molecule has 0 unspecified atom stereocenters. The number of carbonyl (C=O) groups excluding carboxylic acids is 1. The van der Waals surface area contributed by atoms with Crippen LogP contribution in [0.15, 0.2) is 67.0 Å². The van der Waals surface area contributed by atoms with E-state index in [1.165, 1.54) is 49.2 Å². The predicted octanol–water partition coefficient (Wildman–Crippen LogP) is 7.48. The van der Waals surface area contributed by atoms with E-state index in [1.807, 2.05) is 4.90 Å². The van der Waals surface area contributed by atoms with Crippen molar-refractivity contribution in [2.24, 2.45) is 0 Å². The number of benzene rings is 2. The Morgan fingerprint density at radius 2 is 1.55 bits per heavy atom. The molecule has 218 valence electrons. The fourth-order valence-corrected chi connectivity index (χ4v) is 8.70. The van der Waals surface area contributed by atoms with Gasteiger partial charge >= 0.3 is 0 Å². The van der Waals surface area contributed by atoms with Gasteiger partial charge in [-0.3, -0.25) is 14.7 Å². The molecule has 3 fully saturated rings. The van der Waals surface area contributed by atoms with Crippen LogP contribution in [0.3, 0.4) is 0 Å². The van der Waals surface area contributed by atoms with E-state index in [0.717, 1.165) is 37.1 Å². The van der Waals surface area contributed by atoms with Gasteiger partial charge in [0.05, 0.1) is 26.6 Å². The molecule has 1 amide bonds. The van der Waals surface area contributed by atoms with E-state index in [2.05, 4.69) is 76.0 Å². The zero-order valence-electron chi connectivity index (χ0n) is 24.1. The number of hydrogen-bond donors (Lipinski definition) is 0. The summed E-state index contributed by atoms with van der Waals surface area (Å²) in [5.41, 5.74) is 4.16. The number of amides is 1. The third-order valence-corrected chi connectivity index (χ3v) is 10.9. The molecule has 3 aliphatic heterocycles. The SMILES string of the molecule is Cc1nc2ccccc2n1[C@H]1C[C@H]2CC[C@@H](C1)N2CCC1(c2ccccc2)CCN(C(=O)c2c(Cl)cncc2Cl)CC1. The van der Waals surface area contributed by atoms with Gasteiger partial charge in [0, 0.05) is 43.6 Å². The van der Waals surface area contributed by atoms with Crippen molar-refractivity contribution in [3.8, 4) is 0 Å². The molecule has 0 saturated carbocycles. The number of carbonyl (C=O) groups is 1. The van der Waals surface area contributed by atoms with Crippen molar-refractivity contribution in [3.63, 3.8) is 0 Å². The Kier molecular flexibility index (Phi) is 7.49. The van der Waals surface area contributed by atoms with Gasteiger partial charge in [-0.2, -0.15) is 0 Å². The van der Waals surface area contributed by atoms with Gasteiger partial charge in [-0.05, 0) is 81.5 Å². The maximum absolute atomic E-state index is 13.4. The Bertz CT molecular complexity index is 1560. The van der Waals surface area contributed by atoms with Gasteiger partial charge in [-0.15, -0.1) is 0 Å². The van der Waals surface area contributed by atoms with E-state index < -0.39 is 0 Å². The number of pyridine rings is 1. The first-order valence-corrected chi connectivity index (χ1v) is 16.0. The summed E-state index contributed by atoms with van der Waals surface area (Å²) >= 11 is 12.7. The topological polar surface area (TPSA) is 54.3 Å². The third-order valence-electron chi connectivity index (χ3n) is 10.3. The molecule has 8 heteroatoms. The first-order chi connectivity index (χ1) is 20.4. The molecule has 2 bridgehead atoms. The highest BCUT2D eigenvalue weighted by Gasteiger charge is 2.44. The van der Waals surface area contributed by atoms with E-state index in [9.17, 15) is 4.79 Å². The van der Waals surface area contributed by atoms with E-state index in [1.54, 1.807) is 0 Å². The van der Waals surface area contributed by atoms with Gasteiger partial charge in [0.25, 0.3) is 5.91 Å². The first kappa shape index (κ1) is 27.9. The fourth-order valence-electron chi connectivity index (χ4n) is 8.18. The van der Waals surface area contributed by atoms with Gasteiger partial charge in [0.1, 0.15) is 5.82 Å². The van der Waals surface area contributed by atoms with Crippen LogP contribution in [0.2, 0.25) is 10.0 Å². The number of piperidine rings is 2. The van der Waals surface area contributed by atoms with Crippen LogP contribution in [0.4, 0.5) is 0 Å². The molecule has 42 heavy (non-hydrogen) atoms. The molecule has 3 aliphatic rings. The number of aromatic nitrogens is 3. The van der Waals surface area contributed by atoms with Crippen LogP contribution < -0.4 is 0 Å². The summed E-state index contributed by atoms with van der Waals surface area (Å²) in [6.45, 7) is 4.62. The number of nitrogens with zero attached hydrogens (tertiary/aromatic N) is 5. The lowest BCUT2D eigenvalue weighted by Gasteiger charge is -2.45. The summed E-state index contributed by atoms with van der Waals surface area (Å²) in [4.78, 5) is 27.1. The fraction of sp³-hybridized carbons (Fsp3) is 0.441.